The Morgan fingerprint density at radius 2 is 2.25 bits per heavy atom. The van der Waals surface area contributed by atoms with Gasteiger partial charge in [0.2, 0.25) is 5.91 Å². The SMILES string of the molecule is CCC[C@H](N)C(=O)Nc1cc(C)ccc1F. The van der Waals surface area contributed by atoms with E-state index in [9.17, 15) is 9.18 Å². The van der Waals surface area contributed by atoms with Gasteiger partial charge in [-0.1, -0.05) is 19.4 Å². The third kappa shape index (κ3) is 3.31. The van der Waals surface area contributed by atoms with Crippen molar-refractivity contribution in [1.29, 1.82) is 0 Å². The number of carbonyl (C=O) groups excluding carboxylic acids is 1. The molecule has 1 rings (SSSR count). The van der Waals surface area contributed by atoms with Crippen molar-refractivity contribution in [3.8, 4) is 0 Å². The lowest BCUT2D eigenvalue weighted by molar-refractivity contribution is -0.117. The van der Waals surface area contributed by atoms with E-state index < -0.39 is 11.9 Å². The number of amides is 1. The number of hydrogen-bond donors (Lipinski definition) is 2. The Kier molecular flexibility index (Phi) is 4.43. The van der Waals surface area contributed by atoms with Crippen LogP contribution in [0.5, 0.6) is 0 Å². The monoisotopic (exact) mass is 224 g/mol. The van der Waals surface area contributed by atoms with Crippen molar-refractivity contribution in [2.24, 2.45) is 5.73 Å². The Hall–Kier alpha value is -1.42. The minimum atomic E-state index is -0.579. The van der Waals surface area contributed by atoms with Crippen molar-refractivity contribution < 1.29 is 9.18 Å². The van der Waals surface area contributed by atoms with Crippen molar-refractivity contribution in [2.75, 3.05) is 5.32 Å². The van der Waals surface area contributed by atoms with Crippen molar-refractivity contribution in [2.45, 2.75) is 32.7 Å². The Balaban J connectivity index is 2.72. The highest BCUT2D eigenvalue weighted by Gasteiger charge is 2.14. The summed E-state index contributed by atoms with van der Waals surface area (Å²) in [6.45, 7) is 3.78. The lowest BCUT2D eigenvalue weighted by Crippen LogP contribution is -2.35. The number of nitrogens with two attached hydrogens (primary N) is 1. The second kappa shape index (κ2) is 5.61. The van der Waals surface area contributed by atoms with Crippen LogP contribution in [0.2, 0.25) is 0 Å². The molecule has 4 heteroatoms. The molecule has 0 unspecified atom stereocenters. The van der Waals surface area contributed by atoms with Crippen LogP contribution < -0.4 is 11.1 Å². The first-order valence-corrected chi connectivity index (χ1v) is 5.37. The summed E-state index contributed by atoms with van der Waals surface area (Å²) in [7, 11) is 0. The molecule has 0 aliphatic heterocycles. The predicted molar refractivity (Wildman–Crippen MR) is 62.7 cm³/mol. The van der Waals surface area contributed by atoms with Gasteiger partial charge >= 0.3 is 0 Å². The topological polar surface area (TPSA) is 55.1 Å². The summed E-state index contributed by atoms with van der Waals surface area (Å²) in [4.78, 5) is 11.6. The van der Waals surface area contributed by atoms with Crippen molar-refractivity contribution in [3.63, 3.8) is 0 Å². The summed E-state index contributed by atoms with van der Waals surface area (Å²) in [6.07, 6.45) is 1.42. The third-order valence-corrected chi connectivity index (χ3v) is 2.32. The molecule has 0 bridgehead atoms. The molecule has 1 amide bonds. The second-order valence-electron chi connectivity index (χ2n) is 3.87. The van der Waals surface area contributed by atoms with Gasteiger partial charge in [-0.05, 0) is 31.0 Å². The van der Waals surface area contributed by atoms with Crippen LogP contribution in [0, 0.1) is 12.7 Å². The maximum atomic E-state index is 13.3. The molecule has 0 saturated heterocycles. The van der Waals surface area contributed by atoms with Crippen LogP contribution in [0.1, 0.15) is 25.3 Å². The number of rotatable bonds is 4. The fourth-order valence-corrected chi connectivity index (χ4v) is 1.40. The van der Waals surface area contributed by atoms with Gasteiger partial charge in [0.1, 0.15) is 5.82 Å². The maximum Gasteiger partial charge on any atom is 0.241 e. The maximum absolute atomic E-state index is 13.3. The van der Waals surface area contributed by atoms with Gasteiger partial charge in [-0.3, -0.25) is 4.79 Å². The minimum absolute atomic E-state index is 0.191. The zero-order valence-electron chi connectivity index (χ0n) is 9.59. The highest BCUT2D eigenvalue weighted by atomic mass is 19.1. The largest absolute Gasteiger partial charge is 0.322 e. The Labute approximate surface area is 94.8 Å². The first-order chi connectivity index (χ1) is 7.54. The highest BCUT2D eigenvalue weighted by molar-refractivity contribution is 5.94. The summed E-state index contributed by atoms with van der Waals surface area (Å²) in [6, 6.07) is 3.99. The molecule has 3 N–H and O–H groups in total. The number of benzene rings is 1. The molecular formula is C12H17FN2O. The number of hydrogen-bond acceptors (Lipinski definition) is 2. The van der Waals surface area contributed by atoms with Gasteiger partial charge in [0.05, 0.1) is 11.7 Å². The van der Waals surface area contributed by atoms with Crippen molar-refractivity contribution >= 4 is 11.6 Å². The van der Waals surface area contributed by atoms with E-state index in [1.165, 1.54) is 6.07 Å². The van der Waals surface area contributed by atoms with E-state index in [1.54, 1.807) is 12.1 Å². The van der Waals surface area contributed by atoms with E-state index >= 15 is 0 Å². The Morgan fingerprint density at radius 1 is 1.56 bits per heavy atom. The lowest BCUT2D eigenvalue weighted by atomic mass is 10.1. The molecule has 0 heterocycles. The van der Waals surface area contributed by atoms with Gasteiger partial charge in [-0.15, -0.1) is 0 Å². The summed E-state index contributed by atoms with van der Waals surface area (Å²) in [5.74, 6) is -0.783. The summed E-state index contributed by atoms with van der Waals surface area (Å²) < 4.78 is 13.3. The van der Waals surface area contributed by atoms with E-state index in [2.05, 4.69) is 5.32 Å². The molecule has 1 aromatic carbocycles. The molecule has 0 aliphatic carbocycles. The quantitative estimate of drug-likeness (QED) is 0.823. The average molecular weight is 224 g/mol. The molecule has 3 nitrogen and oxygen atoms in total. The minimum Gasteiger partial charge on any atom is -0.322 e. The summed E-state index contributed by atoms with van der Waals surface area (Å²) in [5, 5.41) is 2.50. The van der Waals surface area contributed by atoms with E-state index in [1.807, 2.05) is 13.8 Å². The number of nitrogens with one attached hydrogen (secondary N) is 1. The Bertz CT molecular complexity index is 379. The van der Waals surface area contributed by atoms with Crippen LogP contribution in [0.15, 0.2) is 18.2 Å². The van der Waals surface area contributed by atoms with Crippen LogP contribution >= 0.6 is 0 Å². The third-order valence-electron chi connectivity index (χ3n) is 2.32. The molecule has 0 saturated carbocycles. The van der Waals surface area contributed by atoms with Crippen molar-refractivity contribution in [3.05, 3.63) is 29.6 Å². The van der Waals surface area contributed by atoms with E-state index in [0.717, 1.165) is 12.0 Å². The smallest absolute Gasteiger partial charge is 0.241 e. The van der Waals surface area contributed by atoms with E-state index in [4.69, 9.17) is 5.73 Å². The molecule has 0 aromatic heterocycles. The molecular weight excluding hydrogens is 207 g/mol. The van der Waals surface area contributed by atoms with Crippen LogP contribution in [0.3, 0.4) is 0 Å². The van der Waals surface area contributed by atoms with Crippen LogP contribution in [0.4, 0.5) is 10.1 Å². The zero-order valence-corrected chi connectivity index (χ0v) is 9.59. The van der Waals surface area contributed by atoms with E-state index in [0.29, 0.717) is 6.42 Å². The zero-order chi connectivity index (χ0) is 12.1. The number of carbonyl (C=O) groups is 1. The van der Waals surface area contributed by atoms with Crippen LogP contribution in [0.25, 0.3) is 0 Å². The van der Waals surface area contributed by atoms with Gasteiger partial charge in [0, 0.05) is 0 Å². The van der Waals surface area contributed by atoms with Crippen molar-refractivity contribution in [1.82, 2.24) is 0 Å². The molecule has 16 heavy (non-hydrogen) atoms. The number of anilines is 1. The molecule has 1 atom stereocenters. The molecule has 1 aromatic rings. The predicted octanol–water partition coefficient (Wildman–Crippen LogP) is 2.20. The highest BCUT2D eigenvalue weighted by Crippen LogP contribution is 2.15. The fraction of sp³-hybridized carbons (Fsp3) is 0.417. The summed E-state index contributed by atoms with van der Waals surface area (Å²) >= 11 is 0. The normalized spacial score (nSPS) is 12.2. The van der Waals surface area contributed by atoms with Crippen LogP contribution in [-0.4, -0.2) is 11.9 Å². The number of aryl methyl sites for hydroxylation is 1. The summed E-state index contributed by atoms with van der Waals surface area (Å²) in [5.41, 5.74) is 6.71. The van der Waals surface area contributed by atoms with Crippen LogP contribution in [-0.2, 0) is 4.79 Å². The fourth-order valence-electron chi connectivity index (χ4n) is 1.40. The number of halogens is 1. The molecule has 0 spiro atoms. The molecule has 0 fully saturated rings. The van der Waals surface area contributed by atoms with Gasteiger partial charge in [0.25, 0.3) is 0 Å². The Morgan fingerprint density at radius 3 is 2.88 bits per heavy atom. The van der Waals surface area contributed by atoms with Gasteiger partial charge in [-0.2, -0.15) is 0 Å². The second-order valence-corrected chi connectivity index (χ2v) is 3.87. The first-order valence-electron chi connectivity index (χ1n) is 5.37. The molecule has 88 valence electrons. The lowest BCUT2D eigenvalue weighted by Gasteiger charge is -2.12. The molecule has 0 radical (unpaired) electrons. The van der Waals surface area contributed by atoms with E-state index in [-0.39, 0.29) is 11.6 Å². The van der Waals surface area contributed by atoms with Gasteiger partial charge < -0.3 is 11.1 Å². The average Bonchev–Trinajstić information content (AvgIpc) is 2.23. The van der Waals surface area contributed by atoms with Gasteiger partial charge in [-0.25, -0.2) is 4.39 Å². The van der Waals surface area contributed by atoms with Gasteiger partial charge in [0.15, 0.2) is 0 Å². The molecule has 0 aliphatic rings. The standard InChI is InChI=1S/C12H17FN2O/c1-3-4-10(14)12(16)15-11-7-8(2)5-6-9(11)13/h5-7,10H,3-4,14H2,1-2H3,(H,15,16)/t10-/m0/s1. The first kappa shape index (κ1) is 12.6.